The van der Waals surface area contributed by atoms with Gasteiger partial charge in [-0.3, -0.25) is 9.59 Å². The number of anilines is 1. The highest BCUT2D eigenvalue weighted by molar-refractivity contribution is 6.30. The van der Waals surface area contributed by atoms with Gasteiger partial charge in [0.1, 0.15) is 0 Å². The largest absolute Gasteiger partial charge is 0.356 e. The molecular formula is C20H29ClN2O2. The van der Waals surface area contributed by atoms with Gasteiger partial charge in [0.2, 0.25) is 11.8 Å². The third kappa shape index (κ3) is 6.03. The van der Waals surface area contributed by atoms with Crippen molar-refractivity contribution in [1.82, 2.24) is 5.32 Å². The topological polar surface area (TPSA) is 58.2 Å². The predicted molar refractivity (Wildman–Crippen MR) is 103 cm³/mol. The smallest absolute Gasteiger partial charge is 0.227 e. The van der Waals surface area contributed by atoms with E-state index < -0.39 is 0 Å². The molecule has 138 valence electrons. The Balaban J connectivity index is 1.77. The summed E-state index contributed by atoms with van der Waals surface area (Å²) in [6, 6.07) is 5.46. The van der Waals surface area contributed by atoms with Gasteiger partial charge in [-0.1, -0.05) is 31.4 Å². The molecule has 0 saturated heterocycles. The number of aryl methyl sites for hydroxylation is 1. The van der Waals surface area contributed by atoms with E-state index in [0.29, 0.717) is 5.02 Å². The van der Waals surface area contributed by atoms with Crippen molar-refractivity contribution >= 4 is 29.1 Å². The Labute approximate surface area is 155 Å². The van der Waals surface area contributed by atoms with Gasteiger partial charge >= 0.3 is 0 Å². The number of carbonyl (C=O) groups excluding carboxylic acids is 2. The quantitative estimate of drug-likeness (QED) is 0.689. The summed E-state index contributed by atoms with van der Waals surface area (Å²) in [4.78, 5) is 24.7. The second-order valence-electron chi connectivity index (χ2n) is 7.00. The summed E-state index contributed by atoms with van der Waals surface area (Å²) < 4.78 is 0. The number of halogens is 1. The zero-order valence-electron chi connectivity index (χ0n) is 15.2. The van der Waals surface area contributed by atoms with Crippen molar-refractivity contribution in [3.63, 3.8) is 0 Å². The highest BCUT2D eigenvalue weighted by Gasteiger charge is 2.29. The van der Waals surface area contributed by atoms with Crippen LogP contribution in [-0.2, 0) is 9.59 Å². The second kappa shape index (κ2) is 9.81. The molecule has 4 nitrogen and oxygen atoms in total. The molecule has 0 spiro atoms. The van der Waals surface area contributed by atoms with Crippen molar-refractivity contribution in [2.75, 3.05) is 11.9 Å². The van der Waals surface area contributed by atoms with Crippen molar-refractivity contribution in [2.24, 2.45) is 11.8 Å². The van der Waals surface area contributed by atoms with E-state index in [1.54, 1.807) is 6.07 Å². The van der Waals surface area contributed by atoms with E-state index >= 15 is 0 Å². The first-order valence-corrected chi connectivity index (χ1v) is 9.73. The predicted octanol–water partition coefficient (Wildman–Crippen LogP) is 4.70. The number of benzene rings is 1. The number of amides is 2. The van der Waals surface area contributed by atoms with Gasteiger partial charge in [0.25, 0.3) is 0 Å². The van der Waals surface area contributed by atoms with Crippen LogP contribution in [0.5, 0.6) is 0 Å². The van der Waals surface area contributed by atoms with Crippen LogP contribution in [-0.4, -0.2) is 18.4 Å². The van der Waals surface area contributed by atoms with E-state index in [1.807, 2.05) is 19.1 Å². The molecule has 0 aromatic heterocycles. The Bertz CT molecular complexity index is 595. The lowest BCUT2D eigenvalue weighted by Gasteiger charge is -2.27. The molecule has 0 bridgehead atoms. The van der Waals surface area contributed by atoms with Gasteiger partial charge in [-0.25, -0.2) is 0 Å². The summed E-state index contributed by atoms with van der Waals surface area (Å²) in [6.45, 7) is 4.85. The normalized spacial score (nSPS) is 20.1. The zero-order valence-corrected chi connectivity index (χ0v) is 16.0. The third-order valence-electron chi connectivity index (χ3n) is 4.99. The first kappa shape index (κ1) is 19.8. The van der Waals surface area contributed by atoms with Crippen LogP contribution in [0.2, 0.25) is 5.02 Å². The van der Waals surface area contributed by atoms with Gasteiger partial charge in [0.05, 0.1) is 0 Å². The second-order valence-corrected chi connectivity index (χ2v) is 7.43. The van der Waals surface area contributed by atoms with Crippen LogP contribution in [0.3, 0.4) is 0 Å². The Morgan fingerprint density at radius 2 is 1.72 bits per heavy atom. The average Bonchev–Trinajstić information content (AvgIpc) is 2.61. The maximum atomic E-state index is 12.5. The molecule has 5 heteroatoms. The van der Waals surface area contributed by atoms with Gasteiger partial charge in [0, 0.05) is 29.1 Å². The summed E-state index contributed by atoms with van der Waals surface area (Å²) in [5.41, 5.74) is 1.77. The Hall–Kier alpha value is -1.55. The molecule has 2 N–H and O–H groups in total. The lowest BCUT2D eigenvalue weighted by molar-refractivity contribution is -0.128. The third-order valence-corrected chi connectivity index (χ3v) is 5.23. The van der Waals surface area contributed by atoms with Gasteiger partial charge in [-0.05, 0) is 62.8 Å². The molecule has 25 heavy (non-hydrogen) atoms. The lowest BCUT2D eigenvalue weighted by Crippen LogP contribution is -2.36. The highest BCUT2D eigenvalue weighted by Crippen LogP contribution is 2.30. The molecule has 2 amide bonds. The molecule has 1 aliphatic rings. The summed E-state index contributed by atoms with van der Waals surface area (Å²) in [5, 5.41) is 6.70. The minimum atomic E-state index is -0.0146. The molecule has 0 heterocycles. The van der Waals surface area contributed by atoms with E-state index in [4.69, 9.17) is 11.6 Å². The first-order valence-electron chi connectivity index (χ1n) is 9.36. The van der Waals surface area contributed by atoms with Gasteiger partial charge < -0.3 is 10.6 Å². The Morgan fingerprint density at radius 3 is 2.32 bits per heavy atom. The van der Waals surface area contributed by atoms with Crippen molar-refractivity contribution in [1.29, 1.82) is 0 Å². The molecule has 1 aromatic rings. The Kier molecular flexibility index (Phi) is 7.76. The highest BCUT2D eigenvalue weighted by atomic mass is 35.5. The van der Waals surface area contributed by atoms with Crippen LogP contribution in [0.25, 0.3) is 0 Å². The first-order chi connectivity index (χ1) is 12.0. The zero-order chi connectivity index (χ0) is 18.2. The number of unbranched alkanes of at least 4 members (excludes halogenated alkanes) is 2. The summed E-state index contributed by atoms with van der Waals surface area (Å²) in [5.74, 6) is 0.248. The van der Waals surface area contributed by atoms with Gasteiger partial charge in [-0.15, -0.1) is 0 Å². The number of rotatable bonds is 7. The summed E-state index contributed by atoms with van der Waals surface area (Å²) in [6.07, 6.45) is 6.46. The number of hydrogen-bond acceptors (Lipinski definition) is 2. The number of hydrogen-bond donors (Lipinski definition) is 2. The molecule has 1 saturated carbocycles. The van der Waals surface area contributed by atoms with E-state index in [9.17, 15) is 9.59 Å². The van der Waals surface area contributed by atoms with Crippen LogP contribution in [0.1, 0.15) is 57.4 Å². The van der Waals surface area contributed by atoms with Crippen LogP contribution in [0, 0.1) is 18.8 Å². The van der Waals surface area contributed by atoms with Crippen LogP contribution in [0.4, 0.5) is 5.69 Å². The maximum Gasteiger partial charge on any atom is 0.227 e. The standard InChI is InChI=1S/C20H29ClN2O2/c1-3-4-5-12-22-19(24)15-6-8-16(9-7-15)20(25)23-18-11-10-17(21)13-14(18)2/h10-11,13,15-16H,3-9,12H2,1-2H3,(H,22,24)(H,23,25). The molecule has 0 unspecified atom stereocenters. The lowest BCUT2D eigenvalue weighted by atomic mass is 9.81. The molecule has 0 atom stereocenters. The van der Waals surface area contributed by atoms with Crippen LogP contribution in [0.15, 0.2) is 18.2 Å². The minimum absolute atomic E-state index is 0.0146. The van der Waals surface area contributed by atoms with Crippen LogP contribution >= 0.6 is 11.6 Å². The molecule has 1 aliphatic carbocycles. The number of nitrogens with one attached hydrogen (secondary N) is 2. The van der Waals surface area contributed by atoms with Gasteiger partial charge in [0.15, 0.2) is 0 Å². The monoisotopic (exact) mass is 364 g/mol. The average molecular weight is 365 g/mol. The Morgan fingerprint density at radius 1 is 1.08 bits per heavy atom. The maximum absolute atomic E-state index is 12.5. The van der Waals surface area contributed by atoms with E-state index in [-0.39, 0.29) is 23.7 Å². The molecule has 1 fully saturated rings. The minimum Gasteiger partial charge on any atom is -0.356 e. The van der Waals surface area contributed by atoms with Crippen molar-refractivity contribution < 1.29 is 9.59 Å². The fourth-order valence-electron chi connectivity index (χ4n) is 3.35. The van der Waals surface area contributed by atoms with Crippen molar-refractivity contribution in [3.8, 4) is 0 Å². The van der Waals surface area contributed by atoms with E-state index in [0.717, 1.165) is 62.7 Å². The SMILES string of the molecule is CCCCCNC(=O)C1CCC(C(=O)Nc2ccc(Cl)cc2C)CC1. The molecule has 1 aromatic carbocycles. The van der Waals surface area contributed by atoms with Crippen molar-refractivity contribution in [3.05, 3.63) is 28.8 Å². The van der Waals surface area contributed by atoms with Gasteiger partial charge in [-0.2, -0.15) is 0 Å². The van der Waals surface area contributed by atoms with E-state index in [2.05, 4.69) is 17.6 Å². The molecule has 2 rings (SSSR count). The fourth-order valence-corrected chi connectivity index (χ4v) is 3.58. The summed E-state index contributed by atoms with van der Waals surface area (Å²) >= 11 is 5.95. The fraction of sp³-hybridized carbons (Fsp3) is 0.600. The van der Waals surface area contributed by atoms with E-state index in [1.165, 1.54) is 0 Å². The van der Waals surface area contributed by atoms with Crippen LogP contribution < -0.4 is 10.6 Å². The number of carbonyl (C=O) groups is 2. The molecule has 0 radical (unpaired) electrons. The molecular weight excluding hydrogens is 336 g/mol. The summed E-state index contributed by atoms with van der Waals surface area (Å²) in [7, 11) is 0. The van der Waals surface area contributed by atoms with Crippen molar-refractivity contribution in [2.45, 2.75) is 58.8 Å². The molecule has 0 aliphatic heterocycles.